The van der Waals surface area contributed by atoms with Gasteiger partial charge in [0.25, 0.3) is 0 Å². The molecule has 2 aliphatic heterocycles. The lowest BCUT2D eigenvalue weighted by atomic mass is 9.80. The third kappa shape index (κ3) is 1.74. The second-order valence-corrected chi connectivity index (χ2v) is 9.05. The van der Waals surface area contributed by atoms with Crippen LogP contribution in [0.25, 0.3) is 0 Å². The third-order valence-electron chi connectivity index (χ3n) is 4.54. The Labute approximate surface area is 106 Å². The van der Waals surface area contributed by atoms with Gasteiger partial charge in [0.2, 0.25) is 9.05 Å². The first-order valence-corrected chi connectivity index (χ1v) is 8.36. The average Bonchev–Trinajstić information content (AvgIpc) is 2.63. The van der Waals surface area contributed by atoms with Crippen LogP contribution in [0.4, 0.5) is 0 Å². The molecule has 3 rings (SSSR count). The molecule has 17 heavy (non-hydrogen) atoms. The molecule has 4 nitrogen and oxygen atoms in total. The van der Waals surface area contributed by atoms with E-state index in [-0.39, 0.29) is 16.8 Å². The van der Waals surface area contributed by atoms with Crippen LogP contribution in [-0.2, 0) is 18.5 Å². The normalized spacial score (nSPS) is 47.4. The molecule has 1 spiro atoms. The fourth-order valence-electron chi connectivity index (χ4n) is 3.69. The summed E-state index contributed by atoms with van der Waals surface area (Å²) in [4.78, 5) is 0. The molecule has 1 saturated carbocycles. The first kappa shape index (κ1) is 12.2. The minimum absolute atomic E-state index is 0.0195. The molecule has 0 N–H and O–H groups in total. The van der Waals surface area contributed by atoms with Crippen LogP contribution in [0, 0.1) is 11.3 Å². The molecular formula is C11H17ClO4S. The van der Waals surface area contributed by atoms with Crippen molar-refractivity contribution in [3.05, 3.63) is 0 Å². The van der Waals surface area contributed by atoms with E-state index in [1.165, 1.54) is 0 Å². The number of halogens is 1. The van der Waals surface area contributed by atoms with Gasteiger partial charge in [-0.1, -0.05) is 0 Å². The SMILES string of the molecule is CC1(C)CC2(CO1)OCC1CC12CS(=O)(=O)Cl. The Morgan fingerprint density at radius 1 is 1.35 bits per heavy atom. The van der Waals surface area contributed by atoms with E-state index in [1.54, 1.807) is 0 Å². The van der Waals surface area contributed by atoms with Crippen molar-refractivity contribution in [2.75, 3.05) is 19.0 Å². The second-order valence-electron chi connectivity index (χ2n) is 6.27. The van der Waals surface area contributed by atoms with Gasteiger partial charge in [0.15, 0.2) is 0 Å². The van der Waals surface area contributed by atoms with Crippen LogP contribution in [0.5, 0.6) is 0 Å². The monoisotopic (exact) mass is 280 g/mol. The number of rotatable bonds is 2. The van der Waals surface area contributed by atoms with Crippen LogP contribution in [-0.4, -0.2) is 38.6 Å². The van der Waals surface area contributed by atoms with Crippen molar-refractivity contribution in [2.24, 2.45) is 11.3 Å². The van der Waals surface area contributed by atoms with Gasteiger partial charge in [-0.2, -0.15) is 0 Å². The van der Waals surface area contributed by atoms with Gasteiger partial charge in [-0.25, -0.2) is 8.42 Å². The van der Waals surface area contributed by atoms with Gasteiger partial charge in [-0.3, -0.25) is 0 Å². The van der Waals surface area contributed by atoms with Gasteiger partial charge in [0.05, 0.1) is 24.6 Å². The highest BCUT2D eigenvalue weighted by Gasteiger charge is 2.75. The third-order valence-corrected chi connectivity index (χ3v) is 5.72. The molecule has 3 fully saturated rings. The lowest BCUT2D eigenvalue weighted by Crippen LogP contribution is -2.44. The van der Waals surface area contributed by atoms with Crippen LogP contribution in [0.3, 0.4) is 0 Å². The Balaban J connectivity index is 1.92. The molecule has 2 heterocycles. The highest BCUT2D eigenvalue weighted by atomic mass is 35.7. The van der Waals surface area contributed by atoms with Gasteiger partial charge in [0.1, 0.15) is 5.60 Å². The minimum atomic E-state index is -3.49. The first-order valence-electron chi connectivity index (χ1n) is 5.88. The average molecular weight is 281 g/mol. The summed E-state index contributed by atoms with van der Waals surface area (Å²) in [5, 5.41) is 0. The van der Waals surface area contributed by atoms with E-state index in [0.29, 0.717) is 19.1 Å². The smallest absolute Gasteiger partial charge is 0.233 e. The van der Waals surface area contributed by atoms with Crippen LogP contribution in [0.15, 0.2) is 0 Å². The summed E-state index contributed by atoms with van der Waals surface area (Å²) in [6, 6.07) is 0. The van der Waals surface area contributed by atoms with Crippen LogP contribution < -0.4 is 0 Å². The molecule has 3 aliphatic rings. The molecule has 0 aromatic heterocycles. The molecule has 3 unspecified atom stereocenters. The molecule has 0 radical (unpaired) electrons. The summed E-state index contributed by atoms with van der Waals surface area (Å²) < 4.78 is 34.4. The summed E-state index contributed by atoms with van der Waals surface area (Å²) in [6.07, 6.45) is 1.65. The predicted octanol–water partition coefficient (Wildman–Crippen LogP) is 1.53. The summed E-state index contributed by atoms with van der Waals surface area (Å²) in [5.74, 6) is 0.361. The van der Waals surface area contributed by atoms with Crippen molar-refractivity contribution in [1.29, 1.82) is 0 Å². The minimum Gasteiger partial charge on any atom is -0.372 e. The lowest BCUT2D eigenvalue weighted by molar-refractivity contribution is -0.0540. The van der Waals surface area contributed by atoms with Gasteiger partial charge in [-0.05, 0) is 26.2 Å². The van der Waals surface area contributed by atoms with Gasteiger partial charge in [0, 0.05) is 22.5 Å². The number of hydrogen-bond donors (Lipinski definition) is 0. The number of ether oxygens (including phenoxy) is 2. The molecule has 0 aromatic rings. The molecule has 0 aromatic carbocycles. The Hall–Kier alpha value is 0.160. The summed E-state index contributed by atoms with van der Waals surface area (Å²) >= 11 is 0. The van der Waals surface area contributed by atoms with E-state index in [1.807, 2.05) is 13.8 Å². The Morgan fingerprint density at radius 3 is 2.53 bits per heavy atom. The molecule has 6 heteroatoms. The van der Waals surface area contributed by atoms with E-state index < -0.39 is 14.7 Å². The molecule has 0 amide bonds. The van der Waals surface area contributed by atoms with Crippen molar-refractivity contribution >= 4 is 19.7 Å². The van der Waals surface area contributed by atoms with Gasteiger partial charge < -0.3 is 9.47 Å². The molecule has 0 bridgehead atoms. The van der Waals surface area contributed by atoms with E-state index >= 15 is 0 Å². The zero-order chi connectivity index (χ0) is 12.5. The first-order chi connectivity index (χ1) is 7.68. The maximum Gasteiger partial charge on any atom is 0.233 e. The van der Waals surface area contributed by atoms with Crippen molar-refractivity contribution < 1.29 is 17.9 Å². The molecular weight excluding hydrogens is 264 g/mol. The Morgan fingerprint density at radius 2 is 2.06 bits per heavy atom. The summed E-state index contributed by atoms with van der Waals surface area (Å²) in [6.45, 7) is 5.17. The molecule has 2 saturated heterocycles. The lowest BCUT2D eigenvalue weighted by Gasteiger charge is -2.32. The van der Waals surface area contributed by atoms with Gasteiger partial charge in [-0.15, -0.1) is 0 Å². The van der Waals surface area contributed by atoms with E-state index in [4.69, 9.17) is 20.2 Å². The highest BCUT2D eigenvalue weighted by molar-refractivity contribution is 8.13. The Kier molecular flexibility index (Phi) is 2.29. The molecule has 1 aliphatic carbocycles. The van der Waals surface area contributed by atoms with Crippen LogP contribution >= 0.6 is 10.7 Å². The maximum atomic E-state index is 11.4. The topological polar surface area (TPSA) is 52.6 Å². The largest absolute Gasteiger partial charge is 0.372 e. The van der Waals surface area contributed by atoms with Crippen molar-refractivity contribution in [3.8, 4) is 0 Å². The zero-order valence-corrected chi connectivity index (χ0v) is 11.6. The standard InChI is InChI=1S/C11H17ClO4S/c1-9(2)5-11(6-16-9)10(7-17(12,13)14)3-8(10)4-15-11/h8H,3-7H2,1-2H3. The highest BCUT2D eigenvalue weighted by Crippen LogP contribution is 2.69. The van der Waals surface area contributed by atoms with Crippen LogP contribution in [0.1, 0.15) is 26.7 Å². The Bertz CT molecular complexity index is 460. The second kappa shape index (κ2) is 3.18. The predicted molar refractivity (Wildman–Crippen MR) is 63.5 cm³/mol. The van der Waals surface area contributed by atoms with Gasteiger partial charge >= 0.3 is 0 Å². The maximum absolute atomic E-state index is 11.4. The summed E-state index contributed by atoms with van der Waals surface area (Å²) in [5.41, 5.74) is -0.953. The molecule has 3 atom stereocenters. The van der Waals surface area contributed by atoms with E-state index in [9.17, 15) is 8.42 Å². The van der Waals surface area contributed by atoms with Crippen molar-refractivity contribution in [3.63, 3.8) is 0 Å². The van der Waals surface area contributed by atoms with Crippen molar-refractivity contribution in [2.45, 2.75) is 37.9 Å². The fraction of sp³-hybridized carbons (Fsp3) is 1.00. The summed E-state index contributed by atoms with van der Waals surface area (Å²) in [7, 11) is 1.95. The number of fused-ring (bicyclic) bond motifs is 2. The van der Waals surface area contributed by atoms with E-state index in [2.05, 4.69) is 0 Å². The van der Waals surface area contributed by atoms with E-state index in [0.717, 1.165) is 12.8 Å². The quantitative estimate of drug-likeness (QED) is 0.720. The molecule has 98 valence electrons. The zero-order valence-electron chi connectivity index (χ0n) is 10.0. The van der Waals surface area contributed by atoms with Crippen molar-refractivity contribution in [1.82, 2.24) is 0 Å². The fourth-order valence-corrected chi connectivity index (χ4v) is 5.51. The van der Waals surface area contributed by atoms with Crippen LogP contribution in [0.2, 0.25) is 0 Å². The number of hydrogen-bond acceptors (Lipinski definition) is 4.